The molecule has 2 saturated heterocycles. The summed E-state index contributed by atoms with van der Waals surface area (Å²) in [4.78, 5) is 28.5. The maximum Gasteiger partial charge on any atom is 0.248 e. The predicted octanol–water partition coefficient (Wildman–Crippen LogP) is 0.517. The molecular formula is C17H19N2O5S2-. The first-order valence-electron chi connectivity index (χ1n) is 8.29. The Hall–Kier alpha value is -1.87. The molecule has 0 aliphatic carbocycles. The van der Waals surface area contributed by atoms with Crippen molar-refractivity contribution < 1.29 is 23.1 Å². The Bertz CT molecular complexity index is 848. The molecule has 0 spiro atoms. The molecule has 2 fully saturated rings. The smallest absolute Gasteiger partial charge is 0.248 e. The van der Waals surface area contributed by atoms with Gasteiger partial charge in [0.15, 0.2) is 15.0 Å². The monoisotopic (exact) mass is 395 g/mol. The van der Waals surface area contributed by atoms with Gasteiger partial charge in [0.1, 0.15) is 0 Å². The van der Waals surface area contributed by atoms with Gasteiger partial charge in [0.2, 0.25) is 5.91 Å². The normalized spacial score (nSPS) is 25.4. The molecule has 2 heterocycles. The molecule has 0 radical (unpaired) electrons. The number of hydrogen-bond donors (Lipinski definition) is 0. The average molecular weight is 395 g/mol. The molecule has 2 aliphatic heterocycles. The quantitative estimate of drug-likeness (QED) is 0.715. The largest absolute Gasteiger partial charge is 0.550 e. The van der Waals surface area contributed by atoms with Gasteiger partial charge in [0, 0.05) is 23.3 Å². The molecule has 0 aromatic heterocycles. The highest BCUT2D eigenvalue weighted by atomic mass is 32.2. The van der Waals surface area contributed by atoms with Gasteiger partial charge >= 0.3 is 0 Å². The number of amides is 1. The number of amidine groups is 1. The fourth-order valence-corrected chi connectivity index (χ4v) is 7.05. The molecule has 2 aliphatic rings. The number of nitrogens with zero attached hydrogens (tertiary/aromatic N) is 2. The molecule has 7 nitrogen and oxygen atoms in total. The third-order valence-electron chi connectivity index (χ3n) is 4.37. The molecule has 0 N–H and O–H groups in total. The van der Waals surface area contributed by atoms with Crippen LogP contribution in [0.4, 0.5) is 5.69 Å². The van der Waals surface area contributed by atoms with E-state index in [1.54, 1.807) is 0 Å². The van der Waals surface area contributed by atoms with Crippen LogP contribution in [0.2, 0.25) is 0 Å². The SMILES string of the molecule is Cc1ccc(N2C(=NC(=O)CCCC(=O)[O-])S[C@H]3CS(=O)(=O)C[C@H]32)cc1. The number of aryl methyl sites for hydroxylation is 1. The highest BCUT2D eigenvalue weighted by Crippen LogP contribution is 2.41. The summed E-state index contributed by atoms with van der Waals surface area (Å²) >= 11 is 1.31. The second-order valence-corrected chi connectivity index (χ2v) is 9.88. The first-order valence-corrected chi connectivity index (χ1v) is 11.0. The Morgan fingerprint density at radius 2 is 1.92 bits per heavy atom. The van der Waals surface area contributed by atoms with Gasteiger partial charge in [-0.25, -0.2) is 8.42 Å². The van der Waals surface area contributed by atoms with Crippen molar-refractivity contribution in [1.29, 1.82) is 0 Å². The molecule has 140 valence electrons. The van der Waals surface area contributed by atoms with Gasteiger partial charge in [-0.2, -0.15) is 4.99 Å². The lowest BCUT2D eigenvalue weighted by molar-refractivity contribution is -0.305. The van der Waals surface area contributed by atoms with Crippen LogP contribution >= 0.6 is 11.8 Å². The van der Waals surface area contributed by atoms with E-state index in [9.17, 15) is 23.1 Å². The van der Waals surface area contributed by atoms with Crippen molar-refractivity contribution >= 4 is 44.3 Å². The van der Waals surface area contributed by atoms with Crippen molar-refractivity contribution in [2.24, 2.45) is 4.99 Å². The third-order valence-corrected chi connectivity index (χ3v) is 7.58. The summed E-state index contributed by atoms with van der Waals surface area (Å²) in [6.45, 7) is 1.96. The lowest BCUT2D eigenvalue weighted by Crippen LogP contribution is -2.37. The van der Waals surface area contributed by atoms with Gasteiger partial charge in [-0.05, 0) is 31.9 Å². The van der Waals surface area contributed by atoms with Crippen molar-refractivity contribution in [2.75, 3.05) is 16.4 Å². The Kier molecular flexibility index (Phi) is 5.38. The van der Waals surface area contributed by atoms with Crippen molar-refractivity contribution in [3.05, 3.63) is 29.8 Å². The van der Waals surface area contributed by atoms with E-state index in [1.807, 2.05) is 36.1 Å². The minimum atomic E-state index is -3.10. The number of aliphatic imine (C=N–C) groups is 1. The summed E-state index contributed by atoms with van der Waals surface area (Å²) < 4.78 is 24.0. The van der Waals surface area contributed by atoms with Gasteiger partial charge in [-0.1, -0.05) is 29.5 Å². The zero-order chi connectivity index (χ0) is 18.9. The summed E-state index contributed by atoms with van der Waals surface area (Å²) in [7, 11) is -3.10. The summed E-state index contributed by atoms with van der Waals surface area (Å²) in [6.07, 6.45) is 0.0106. The number of carboxylic acid groups (broad SMARTS) is 1. The summed E-state index contributed by atoms with van der Waals surface area (Å²) in [5.41, 5.74) is 1.88. The van der Waals surface area contributed by atoms with E-state index in [0.717, 1.165) is 11.3 Å². The fraction of sp³-hybridized carbons (Fsp3) is 0.471. The molecule has 1 amide bonds. The Morgan fingerprint density at radius 3 is 2.58 bits per heavy atom. The van der Waals surface area contributed by atoms with Crippen molar-refractivity contribution in [1.82, 2.24) is 0 Å². The van der Waals surface area contributed by atoms with Crippen LogP contribution in [0.5, 0.6) is 0 Å². The summed E-state index contributed by atoms with van der Waals surface area (Å²) in [5.74, 6) is -1.49. The minimum absolute atomic E-state index is 0.0212. The van der Waals surface area contributed by atoms with Crippen LogP contribution in [0.25, 0.3) is 0 Å². The van der Waals surface area contributed by atoms with Gasteiger partial charge in [-0.3, -0.25) is 4.79 Å². The molecule has 0 bridgehead atoms. The molecule has 2 atom stereocenters. The maximum absolute atomic E-state index is 12.1. The van der Waals surface area contributed by atoms with Crippen LogP contribution in [0.1, 0.15) is 24.8 Å². The topological polar surface area (TPSA) is 107 Å². The number of carboxylic acids is 1. The lowest BCUT2D eigenvalue weighted by Gasteiger charge is -2.24. The predicted molar refractivity (Wildman–Crippen MR) is 98.8 cm³/mol. The number of carbonyl (C=O) groups is 2. The van der Waals surface area contributed by atoms with E-state index in [2.05, 4.69) is 4.99 Å². The van der Waals surface area contributed by atoms with Crippen LogP contribution in [-0.4, -0.2) is 48.3 Å². The molecule has 9 heteroatoms. The van der Waals surface area contributed by atoms with Crippen LogP contribution < -0.4 is 10.0 Å². The van der Waals surface area contributed by atoms with Crippen molar-refractivity contribution in [3.8, 4) is 0 Å². The van der Waals surface area contributed by atoms with Gasteiger partial charge in [0.25, 0.3) is 0 Å². The highest BCUT2D eigenvalue weighted by Gasteiger charge is 2.49. The number of anilines is 1. The minimum Gasteiger partial charge on any atom is -0.550 e. The Labute approximate surface area is 156 Å². The number of thioether (sulfide) groups is 1. The van der Waals surface area contributed by atoms with Crippen molar-refractivity contribution in [2.45, 2.75) is 37.5 Å². The van der Waals surface area contributed by atoms with E-state index in [0.29, 0.717) is 5.17 Å². The van der Waals surface area contributed by atoms with E-state index in [4.69, 9.17) is 0 Å². The maximum atomic E-state index is 12.1. The van der Waals surface area contributed by atoms with Gasteiger partial charge in [-0.15, -0.1) is 0 Å². The molecule has 1 aromatic rings. The molecule has 0 unspecified atom stereocenters. The molecule has 3 rings (SSSR count). The van der Waals surface area contributed by atoms with Gasteiger partial charge in [0.05, 0.1) is 17.5 Å². The zero-order valence-corrected chi connectivity index (χ0v) is 15.9. The summed E-state index contributed by atoms with van der Waals surface area (Å²) in [6, 6.07) is 7.38. The zero-order valence-electron chi connectivity index (χ0n) is 14.3. The van der Waals surface area contributed by atoms with Crippen LogP contribution in [0.15, 0.2) is 29.3 Å². The van der Waals surface area contributed by atoms with E-state index < -0.39 is 21.7 Å². The standard InChI is InChI=1S/C17H20N2O5S2/c1-11-5-7-12(8-6-11)19-13-9-26(23,24)10-14(13)25-17(19)18-15(20)3-2-4-16(21)22/h5-8,13-14H,2-4,9-10H2,1H3,(H,21,22)/p-1/t13-,14+/m1/s1. The third kappa shape index (κ3) is 4.27. The fourth-order valence-electron chi connectivity index (χ4n) is 3.12. The molecule has 0 saturated carbocycles. The highest BCUT2D eigenvalue weighted by molar-refractivity contribution is 8.16. The van der Waals surface area contributed by atoms with Crippen LogP contribution in [0.3, 0.4) is 0 Å². The number of aliphatic carboxylic acids is 1. The van der Waals surface area contributed by atoms with Crippen molar-refractivity contribution in [3.63, 3.8) is 0 Å². The number of rotatable bonds is 5. The van der Waals surface area contributed by atoms with Gasteiger partial charge < -0.3 is 14.8 Å². The Morgan fingerprint density at radius 1 is 1.23 bits per heavy atom. The second-order valence-electron chi connectivity index (χ2n) is 6.52. The van der Waals surface area contributed by atoms with E-state index in [-0.39, 0.29) is 42.1 Å². The van der Waals surface area contributed by atoms with E-state index in [1.165, 1.54) is 11.8 Å². The second kappa shape index (κ2) is 7.40. The summed E-state index contributed by atoms with van der Waals surface area (Å²) in [5, 5.41) is 10.8. The molecule has 26 heavy (non-hydrogen) atoms. The lowest BCUT2D eigenvalue weighted by atomic mass is 10.1. The van der Waals surface area contributed by atoms with Crippen LogP contribution in [0, 0.1) is 6.92 Å². The first kappa shape index (κ1) is 18.9. The molecular weight excluding hydrogens is 376 g/mol. The van der Waals surface area contributed by atoms with E-state index >= 15 is 0 Å². The Balaban J connectivity index is 1.84. The number of carbonyl (C=O) groups excluding carboxylic acids is 2. The van der Waals surface area contributed by atoms with Crippen LogP contribution in [-0.2, 0) is 19.4 Å². The number of hydrogen-bond acceptors (Lipinski definition) is 6. The number of fused-ring (bicyclic) bond motifs is 1. The number of benzene rings is 1. The first-order chi connectivity index (χ1) is 12.2. The molecule has 1 aromatic carbocycles. The average Bonchev–Trinajstić information content (AvgIpc) is 2.99. The number of sulfone groups is 1.